The predicted molar refractivity (Wildman–Crippen MR) is 80.3 cm³/mol. The normalized spacial score (nSPS) is 19.1. The highest BCUT2D eigenvalue weighted by atomic mass is 31.2. The zero-order chi connectivity index (χ0) is 19.3. The van der Waals surface area contributed by atoms with E-state index < -0.39 is 41.4 Å². The summed E-state index contributed by atoms with van der Waals surface area (Å²) in [5, 5.41) is 17.2. The molecular weight excluding hydrogens is 390 g/mol. The van der Waals surface area contributed by atoms with Crippen LogP contribution in [0.15, 0.2) is 0 Å². The smallest absolute Gasteiger partial charge is 0.376 e. The summed E-state index contributed by atoms with van der Waals surface area (Å²) in [5.41, 5.74) is 0. The van der Waals surface area contributed by atoms with Gasteiger partial charge in [-0.15, -0.1) is 0 Å². The Hall–Kier alpha value is 0.0200. The zero-order valence-electron chi connectivity index (χ0n) is 13.8. The number of phosphoric acid groups is 2. The number of hydrogen-bond acceptors (Lipinski definition) is 11. The van der Waals surface area contributed by atoms with Crippen LogP contribution in [0.25, 0.3) is 0 Å². The molecule has 0 rings (SSSR count). The highest BCUT2D eigenvalue weighted by molar-refractivity contribution is 7.47. The maximum atomic E-state index is 11.4. The Bertz CT molecular complexity index is 395. The van der Waals surface area contributed by atoms with Crippen molar-refractivity contribution in [3.63, 3.8) is 0 Å². The van der Waals surface area contributed by atoms with Crippen molar-refractivity contribution in [3.8, 4) is 0 Å². The van der Waals surface area contributed by atoms with Crippen LogP contribution >= 0.6 is 15.6 Å². The third-order valence-corrected chi connectivity index (χ3v) is 4.48. The van der Waals surface area contributed by atoms with Gasteiger partial charge in [0.15, 0.2) is 0 Å². The van der Waals surface area contributed by atoms with E-state index in [1.54, 1.807) is 0 Å². The van der Waals surface area contributed by atoms with Crippen LogP contribution in [0.5, 0.6) is 0 Å². The van der Waals surface area contributed by atoms with E-state index in [0.717, 1.165) is 14.2 Å². The lowest BCUT2D eigenvalue weighted by Gasteiger charge is -2.22. The Morgan fingerprint density at radius 3 is 1.32 bits per heavy atom. The summed E-state index contributed by atoms with van der Waals surface area (Å²) in [7, 11) is -6.72. The lowest BCUT2D eigenvalue weighted by atomic mass is 10.4. The van der Waals surface area contributed by atoms with E-state index in [1.807, 2.05) is 0 Å². The molecule has 0 heterocycles. The molecule has 0 aliphatic rings. The van der Waals surface area contributed by atoms with Crippen LogP contribution in [0.2, 0.25) is 0 Å². The molecular formula is C10H24O13P2. The van der Waals surface area contributed by atoms with E-state index >= 15 is 0 Å². The molecule has 4 N–H and O–H groups in total. The first kappa shape index (κ1) is 25.0. The van der Waals surface area contributed by atoms with Crippen LogP contribution in [0, 0.1) is 0 Å². The predicted octanol–water partition coefficient (Wildman–Crippen LogP) is -0.800. The molecule has 0 amide bonds. The van der Waals surface area contributed by atoms with Gasteiger partial charge in [0.25, 0.3) is 0 Å². The Kier molecular flexibility index (Phi) is 13.2. The minimum atomic E-state index is -4.32. The highest BCUT2D eigenvalue weighted by Gasteiger charge is 2.28. The molecule has 4 atom stereocenters. The summed E-state index contributed by atoms with van der Waals surface area (Å²) in [4.78, 5) is 18.6. The summed E-state index contributed by atoms with van der Waals surface area (Å²) in [5.74, 6) is 0. The van der Waals surface area contributed by atoms with Crippen molar-refractivity contribution < 1.29 is 61.4 Å². The molecule has 0 saturated carbocycles. The van der Waals surface area contributed by atoms with E-state index in [2.05, 4.69) is 18.5 Å². The molecule has 0 aromatic heterocycles. The van der Waals surface area contributed by atoms with Gasteiger partial charge in [0.05, 0.1) is 26.4 Å². The van der Waals surface area contributed by atoms with Crippen LogP contribution < -0.4 is 0 Å². The zero-order valence-corrected chi connectivity index (χ0v) is 15.5. The van der Waals surface area contributed by atoms with Crippen molar-refractivity contribution in [2.75, 3.05) is 54.2 Å². The van der Waals surface area contributed by atoms with Crippen molar-refractivity contribution in [2.24, 2.45) is 0 Å². The van der Waals surface area contributed by atoms with E-state index in [9.17, 15) is 18.9 Å². The molecule has 152 valence electrons. The SMILES string of the molecule is COP(=O)(O)OC(COCO)COCC(COCO)OP(=O)(O)OC. The molecule has 25 heavy (non-hydrogen) atoms. The number of hydrogen-bond donors (Lipinski definition) is 4. The van der Waals surface area contributed by atoms with Gasteiger partial charge in [0.2, 0.25) is 0 Å². The van der Waals surface area contributed by atoms with Crippen molar-refractivity contribution in [1.82, 2.24) is 0 Å². The molecule has 0 bridgehead atoms. The third-order valence-electron chi connectivity index (χ3n) is 2.42. The van der Waals surface area contributed by atoms with Crippen LogP contribution in [-0.4, -0.2) is 86.4 Å². The molecule has 0 aliphatic carbocycles. The van der Waals surface area contributed by atoms with Gasteiger partial charge in [-0.3, -0.25) is 18.1 Å². The van der Waals surface area contributed by atoms with Gasteiger partial charge in [-0.2, -0.15) is 0 Å². The summed E-state index contributed by atoms with van der Waals surface area (Å²) in [6.45, 7) is -2.51. The second-order valence-corrected chi connectivity index (χ2v) is 7.32. The minimum absolute atomic E-state index is 0.292. The molecule has 0 aromatic carbocycles. The third kappa shape index (κ3) is 12.9. The first-order valence-corrected chi connectivity index (χ1v) is 9.77. The quantitative estimate of drug-likeness (QED) is 0.182. The van der Waals surface area contributed by atoms with Crippen LogP contribution in [0.4, 0.5) is 0 Å². The molecule has 0 radical (unpaired) electrons. The lowest BCUT2D eigenvalue weighted by molar-refractivity contribution is -0.0864. The maximum absolute atomic E-state index is 11.4. The standard InChI is InChI=1S/C10H24O13P2/c1-17-24(13,14)22-9(5-20-7-11)3-19-4-10(6-21-8-12)23-25(15,16)18-2/h9-12H,3-8H2,1-2H3,(H,13,14)(H,15,16). The lowest BCUT2D eigenvalue weighted by Crippen LogP contribution is -2.30. The number of rotatable bonds is 16. The fourth-order valence-electron chi connectivity index (χ4n) is 1.38. The highest BCUT2D eigenvalue weighted by Crippen LogP contribution is 2.44. The first-order chi connectivity index (χ1) is 11.7. The molecule has 0 saturated heterocycles. The fraction of sp³-hybridized carbons (Fsp3) is 1.00. The van der Waals surface area contributed by atoms with Gasteiger partial charge in [0, 0.05) is 14.2 Å². The molecule has 4 unspecified atom stereocenters. The average Bonchev–Trinajstić information content (AvgIpc) is 2.56. The van der Waals surface area contributed by atoms with Crippen molar-refractivity contribution in [1.29, 1.82) is 0 Å². The summed E-state index contributed by atoms with van der Waals surface area (Å²) < 4.78 is 55.4. The Morgan fingerprint density at radius 1 is 0.720 bits per heavy atom. The molecule has 13 nitrogen and oxygen atoms in total. The Morgan fingerprint density at radius 2 is 1.04 bits per heavy atom. The first-order valence-electron chi connectivity index (χ1n) is 6.78. The minimum Gasteiger partial charge on any atom is -0.376 e. The van der Waals surface area contributed by atoms with Crippen molar-refractivity contribution >= 4 is 15.6 Å². The van der Waals surface area contributed by atoms with E-state index in [-0.39, 0.29) is 26.4 Å². The van der Waals surface area contributed by atoms with Gasteiger partial charge in [-0.1, -0.05) is 0 Å². The van der Waals surface area contributed by atoms with Gasteiger partial charge >= 0.3 is 15.6 Å². The van der Waals surface area contributed by atoms with E-state index in [4.69, 9.17) is 24.0 Å². The van der Waals surface area contributed by atoms with Crippen LogP contribution in [0.1, 0.15) is 0 Å². The Balaban J connectivity index is 4.59. The van der Waals surface area contributed by atoms with Crippen LogP contribution in [-0.2, 0) is 41.4 Å². The second kappa shape index (κ2) is 13.2. The van der Waals surface area contributed by atoms with E-state index in [1.165, 1.54) is 0 Å². The summed E-state index contributed by atoms with van der Waals surface area (Å²) >= 11 is 0. The van der Waals surface area contributed by atoms with Gasteiger partial charge in [-0.25, -0.2) is 9.13 Å². The fourth-order valence-corrected chi connectivity index (χ4v) is 2.55. The molecule has 0 spiro atoms. The number of ether oxygens (including phenoxy) is 3. The maximum Gasteiger partial charge on any atom is 0.472 e. The number of aliphatic hydroxyl groups is 2. The number of aliphatic hydroxyl groups excluding tert-OH is 2. The molecule has 15 heteroatoms. The van der Waals surface area contributed by atoms with Crippen LogP contribution in [0.3, 0.4) is 0 Å². The second-order valence-electron chi connectivity index (χ2n) is 4.29. The molecule has 0 fully saturated rings. The topological polar surface area (TPSA) is 180 Å². The Labute approximate surface area is 144 Å². The summed E-state index contributed by atoms with van der Waals surface area (Å²) in [6.07, 6.45) is -2.18. The van der Waals surface area contributed by atoms with Crippen molar-refractivity contribution in [3.05, 3.63) is 0 Å². The van der Waals surface area contributed by atoms with Gasteiger partial charge in [0.1, 0.15) is 25.8 Å². The van der Waals surface area contributed by atoms with Gasteiger partial charge < -0.3 is 34.2 Å². The summed E-state index contributed by atoms with van der Waals surface area (Å²) in [6, 6.07) is 0. The molecule has 0 aromatic rings. The largest absolute Gasteiger partial charge is 0.472 e. The molecule has 0 aliphatic heterocycles. The van der Waals surface area contributed by atoms with E-state index in [0.29, 0.717) is 0 Å². The van der Waals surface area contributed by atoms with Gasteiger partial charge in [-0.05, 0) is 0 Å². The monoisotopic (exact) mass is 414 g/mol. The average molecular weight is 414 g/mol. The van der Waals surface area contributed by atoms with Crippen molar-refractivity contribution in [2.45, 2.75) is 12.2 Å². The number of phosphoric ester groups is 2.